The number of carbonyl (C=O) groups is 1. The molecule has 9 nitrogen and oxygen atoms in total. The summed E-state index contributed by atoms with van der Waals surface area (Å²) in [6, 6.07) is 8.77. The maximum atomic E-state index is 13.1. The van der Waals surface area contributed by atoms with Gasteiger partial charge in [0.25, 0.3) is 0 Å². The van der Waals surface area contributed by atoms with Crippen LogP contribution in [0.15, 0.2) is 60.9 Å². The fourth-order valence-electron chi connectivity index (χ4n) is 6.14. The van der Waals surface area contributed by atoms with E-state index in [-0.39, 0.29) is 23.7 Å². The third-order valence-electron chi connectivity index (χ3n) is 8.33. The molecule has 1 fully saturated rings. The number of anilines is 2. The zero-order chi connectivity index (χ0) is 30.8. The van der Waals surface area contributed by atoms with Crippen LogP contribution in [0, 0.1) is 0 Å². The van der Waals surface area contributed by atoms with Gasteiger partial charge >= 0.3 is 6.18 Å². The average molecular weight is 606 g/mol. The number of alkyl halides is 3. The highest BCUT2D eigenvalue weighted by molar-refractivity contribution is 5.86. The van der Waals surface area contributed by atoms with Gasteiger partial charge in [-0.1, -0.05) is 42.8 Å². The van der Waals surface area contributed by atoms with E-state index in [9.17, 15) is 23.1 Å². The van der Waals surface area contributed by atoms with Gasteiger partial charge in [-0.3, -0.25) is 9.20 Å². The SMILES string of the molecule is Nc1ncc2n3c(nc(-c4ccc(C(O)Nc5cc(C(F)(F)F)ccn5)cc4)c13)[C@@H]1CCC[C@H](C1)NC(=O)CCC/C=C\C2. The fraction of sp³-hybridized carbons (Fsp3) is 0.375. The van der Waals surface area contributed by atoms with Crippen molar-refractivity contribution in [3.63, 3.8) is 0 Å². The molecule has 1 amide bonds. The van der Waals surface area contributed by atoms with E-state index >= 15 is 0 Å². The molecule has 0 spiro atoms. The number of aliphatic hydroxyl groups is 1. The number of allylic oxidation sites excluding steroid dienone is 2. The first kappa shape index (κ1) is 29.6. The minimum absolute atomic E-state index is 0.0813. The number of hydrogen-bond acceptors (Lipinski definition) is 7. The molecule has 2 aliphatic rings. The number of fused-ring (bicyclic) bond motifs is 3. The Kier molecular flexibility index (Phi) is 8.26. The van der Waals surface area contributed by atoms with Crippen molar-refractivity contribution < 1.29 is 23.1 Å². The quantitative estimate of drug-likeness (QED) is 0.168. The summed E-state index contributed by atoms with van der Waals surface area (Å²) < 4.78 is 41.4. The minimum Gasteiger partial charge on any atom is -0.382 e. The maximum Gasteiger partial charge on any atom is 0.416 e. The van der Waals surface area contributed by atoms with Crippen LogP contribution < -0.4 is 16.4 Å². The van der Waals surface area contributed by atoms with Crippen molar-refractivity contribution in [1.29, 1.82) is 0 Å². The Morgan fingerprint density at radius 2 is 1.91 bits per heavy atom. The lowest BCUT2D eigenvalue weighted by Gasteiger charge is -2.29. The van der Waals surface area contributed by atoms with Crippen LogP contribution in [0.25, 0.3) is 16.8 Å². The molecule has 12 heteroatoms. The number of aliphatic hydroxyl groups excluding tert-OH is 1. The number of nitrogen functional groups attached to an aromatic ring is 1. The van der Waals surface area contributed by atoms with Gasteiger partial charge in [-0.05, 0) is 44.2 Å². The molecule has 4 aromatic rings. The summed E-state index contributed by atoms with van der Waals surface area (Å²) in [4.78, 5) is 26.1. The van der Waals surface area contributed by atoms with E-state index in [1.807, 2.05) is 0 Å². The Bertz CT molecular complexity index is 1680. The second-order valence-corrected chi connectivity index (χ2v) is 11.4. The van der Waals surface area contributed by atoms with Crippen molar-refractivity contribution in [2.45, 2.75) is 75.7 Å². The Labute approximate surface area is 252 Å². The number of nitrogens with one attached hydrogen (secondary N) is 2. The second kappa shape index (κ2) is 12.3. The van der Waals surface area contributed by atoms with Crippen LogP contribution in [0.3, 0.4) is 0 Å². The molecule has 5 N–H and O–H groups in total. The summed E-state index contributed by atoms with van der Waals surface area (Å²) in [5.74, 6) is 1.32. The lowest BCUT2D eigenvalue weighted by atomic mass is 9.85. The van der Waals surface area contributed by atoms with Crippen LogP contribution in [0.5, 0.6) is 0 Å². The molecule has 1 unspecified atom stereocenters. The lowest BCUT2D eigenvalue weighted by Crippen LogP contribution is -2.38. The number of nitrogens with zero attached hydrogens (tertiary/aromatic N) is 4. The molecular formula is C32H34F3N7O2. The van der Waals surface area contributed by atoms with E-state index < -0.39 is 18.0 Å². The number of amides is 1. The molecule has 3 aromatic heterocycles. The number of imidazole rings is 1. The molecule has 44 heavy (non-hydrogen) atoms. The van der Waals surface area contributed by atoms with Gasteiger partial charge in [0.15, 0.2) is 6.23 Å². The summed E-state index contributed by atoms with van der Waals surface area (Å²) in [6.45, 7) is 0. The highest BCUT2D eigenvalue weighted by Gasteiger charge is 2.32. The van der Waals surface area contributed by atoms with Gasteiger partial charge in [-0.2, -0.15) is 13.2 Å². The van der Waals surface area contributed by atoms with Gasteiger partial charge < -0.3 is 21.5 Å². The summed E-state index contributed by atoms with van der Waals surface area (Å²) in [5, 5.41) is 16.6. The van der Waals surface area contributed by atoms with Crippen molar-refractivity contribution in [2.75, 3.05) is 11.1 Å². The number of benzene rings is 1. The standard InChI is InChI=1S/C32H34F3N7O2/c33-32(34,35)22-14-15-37-25(17-22)40-31(44)20-12-10-19(11-13-20)27-28-29(36)38-18-24-8-3-1-2-4-9-26(43)39-23-7-5-6-21(16-23)30(41-27)42(24)28/h1,3,10-15,17-18,21,23,31,44H,2,4-9,16H2,(H2,36,38)(H,37,40)(H,39,43)/b3-1-/t21-,23-,31?/m1/s1. The molecule has 1 saturated carbocycles. The molecule has 4 heterocycles. The van der Waals surface area contributed by atoms with Gasteiger partial charge in [-0.15, -0.1) is 0 Å². The van der Waals surface area contributed by atoms with Crippen molar-refractivity contribution in [2.24, 2.45) is 0 Å². The molecule has 0 radical (unpaired) electrons. The Hall–Kier alpha value is -4.45. The van der Waals surface area contributed by atoms with Crippen LogP contribution in [-0.4, -0.2) is 36.4 Å². The molecule has 6 rings (SSSR count). The molecular weight excluding hydrogens is 571 g/mol. The number of halogens is 3. The first-order valence-corrected chi connectivity index (χ1v) is 14.9. The van der Waals surface area contributed by atoms with E-state index in [2.05, 4.69) is 37.2 Å². The summed E-state index contributed by atoms with van der Waals surface area (Å²) in [6.07, 6.45) is 7.56. The Morgan fingerprint density at radius 1 is 1.09 bits per heavy atom. The highest BCUT2D eigenvalue weighted by Crippen LogP contribution is 2.38. The minimum atomic E-state index is -4.52. The van der Waals surface area contributed by atoms with Gasteiger partial charge in [-0.25, -0.2) is 15.0 Å². The number of aromatic nitrogens is 4. The Balaban J connectivity index is 1.35. The van der Waals surface area contributed by atoms with E-state index in [0.717, 1.165) is 73.9 Å². The van der Waals surface area contributed by atoms with Crippen LogP contribution in [0.1, 0.15) is 79.7 Å². The van der Waals surface area contributed by atoms with Gasteiger partial charge in [0.05, 0.1) is 5.56 Å². The van der Waals surface area contributed by atoms with Crippen LogP contribution in [0.2, 0.25) is 0 Å². The summed E-state index contributed by atoms with van der Waals surface area (Å²) in [7, 11) is 0. The highest BCUT2D eigenvalue weighted by atomic mass is 19.4. The van der Waals surface area contributed by atoms with Crippen molar-refractivity contribution in [3.8, 4) is 11.3 Å². The van der Waals surface area contributed by atoms with Crippen LogP contribution >= 0.6 is 0 Å². The number of rotatable bonds is 4. The molecule has 2 bridgehead atoms. The largest absolute Gasteiger partial charge is 0.416 e. The predicted molar refractivity (Wildman–Crippen MR) is 160 cm³/mol. The zero-order valence-electron chi connectivity index (χ0n) is 24.0. The third-order valence-corrected chi connectivity index (χ3v) is 8.33. The fourth-order valence-corrected chi connectivity index (χ4v) is 6.14. The van der Waals surface area contributed by atoms with E-state index in [0.29, 0.717) is 35.4 Å². The summed E-state index contributed by atoms with van der Waals surface area (Å²) >= 11 is 0. The number of pyridine rings is 1. The number of carbonyl (C=O) groups excluding carboxylic acids is 1. The molecule has 1 aliphatic heterocycles. The van der Waals surface area contributed by atoms with Crippen molar-refractivity contribution in [3.05, 3.63) is 83.6 Å². The maximum absolute atomic E-state index is 13.1. The molecule has 1 aliphatic carbocycles. The first-order valence-electron chi connectivity index (χ1n) is 14.9. The van der Waals surface area contributed by atoms with E-state index in [4.69, 9.17) is 10.7 Å². The van der Waals surface area contributed by atoms with Gasteiger partial charge in [0.1, 0.15) is 28.7 Å². The van der Waals surface area contributed by atoms with Crippen LogP contribution in [0.4, 0.5) is 24.8 Å². The number of hydrogen-bond donors (Lipinski definition) is 4. The van der Waals surface area contributed by atoms with E-state index in [1.54, 1.807) is 30.5 Å². The number of nitrogens with two attached hydrogens (primary N) is 1. The van der Waals surface area contributed by atoms with Crippen LogP contribution in [-0.2, 0) is 17.4 Å². The normalized spacial score (nSPS) is 20.9. The first-order chi connectivity index (χ1) is 21.2. The third kappa shape index (κ3) is 6.26. The van der Waals surface area contributed by atoms with Crippen molar-refractivity contribution >= 4 is 23.1 Å². The van der Waals surface area contributed by atoms with Gasteiger partial charge in [0, 0.05) is 54.0 Å². The Morgan fingerprint density at radius 3 is 2.70 bits per heavy atom. The van der Waals surface area contributed by atoms with E-state index in [1.165, 1.54) is 0 Å². The van der Waals surface area contributed by atoms with Crippen molar-refractivity contribution in [1.82, 2.24) is 24.7 Å². The van der Waals surface area contributed by atoms with Gasteiger partial charge in [0.2, 0.25) is 5.91 Å². The zero-order valence-corrected chi connectivity index (χ0v) is 24.0. The lowest BCUT2D eigenvalue weighted by molar-refractivity contribution is -0.137. The predicted octanol–water partition coefficient (Wildman–Crippen LogP) is 5.92. The topological polar surface area (TPSA) is 130 Å². The smallest absolute Gasteiger partial charge is 0.382 e. The molecule has 230 valence electrons. The second-order valence-electron chi connectivity index (χ2n) is 11.4. The summed E-state index contributed by atoms with van der Waals surface area (Å²) in [5.41, 5.74) is 9.13. The molecule has 3 atom stereocenters. The average Bonchev–Trinajstić information content (AvgIpc) is 3.41. The molecule has 1 aromatic carbocycles. The molecule has 0 saturated heterocycles. The monoisotopic (exact) mass is 605 g/mol.